The first-order valence-electron chi connectivity index (χ1n) is 17.8. The van der Waals surface area contributed by atoms with Gasteiger partial charge in [-0.25, -0.2) is 0 Å². The van der Waals surface area contributed by atoms with E-state index in [1.165, 1.54) is 17.0 Å². The van der Waals surface area contributed by atoms with Crippen molar-refractivity contribution in [1.29, 1.82) is 5.26 Å². The number of aromatic nitrogens is 1. The van der Waals surface area contributed by atoms with E-state index in [1.54, 1.807) is 0 Å². The maximum atomic E-state index is 11.7. The number of hydrogen-bond donors (Lipinski definition) is 1. The summed E-state index contributed by atoms with van der Waals surface area (Å²) >= 11 is 0. The molecule has 5 aromatic rings. The first-order valence-corrected chi connectivity index (χ1v) is 21.5. The van der Waals surface area contributed by atoms with Crippen molar-refractivity contribution in [2.45, 2.75) is 105 Å². The van der Waals surface area contributed by atoms with Gasteiger partial charge in [0, 0.05) is 68.8 Å². The molecule has 267 valence electrons. The fraction of sp³-hybridized carbons (Fsp3) is 0.419. The first kappa shape index (κ1) is 40.9. The number of rotatable bonds is 10. The Bertz CT molecular complexity index is 2020. The number of carbonyl (C=O) groups is 1. The van der Waals surface area contributed by atoms with Gasteiger partial charge in [-0.3, -0.25) is 9.78 Å². The van der Waals surface area contributed by atoms with Gasteiger partial charge in [-0.15, -0.1) is 29.1 Å². The van der Waals surface area contributed by atoms with Crippen LogP contribution < -0.4 is 0 Å². The van der Waals surface area contributed by atoms with Gasteiger partial charge in [0.15, 0.2) is 5.78 Å². The first-order chi connectivity index (χ1) is 23.1. The maximum Gasteiger partial charge on any atom is 0.162 e. The molecule has 5 nitrogen and oxygen atoms in total. The molecule has 0 atom stereocenters. The Morgan fingerprint density at radius 2 is 1.60 bits per heavy atom. The van der Waals surface area contributed by atoms with E-state index < -0.39 is 8.07 Å². The fourth-order valence-electron chi connectivity index (χ4n) is 6.56. The van der Waals surface area contributed by atoms with Crippen molar-refractivity contribution in [2.24, 2.45) is 11.8 Å². The molecule has 0 spiro atoms. The number of carbonyl (C=O) groups excluding carboxylic acids is 1. The normalized spacial score (nSPS) is 12.3. The average Bonchev–Trinajstić information content (AvgIpc) is 3.41. The molecular weight excluding hydrogens is 813 g/mol. The topological polar surface area (TPSA) is 87.1 Å². The van der Waals surface area contributed by atoms with E-state index >= 15 is 0 Å². The molecule has 0 saturated carbocycles. The molecule has 1 N–H and O–H groups in total. The summed E-state index contributed by atoms with van der Waals surface area (Å²) < 4.78 is 6.45. The number of allylic oxidation sites excluding steroid dienone is 2. The summed E-state index contributed by atoms with van der Waals surface area (Å²) in [5.41, 5.74) is 6.32. The van der Waals surface area contributed by atoms with Gasteiger partial charge in [-0.05, 0) is 60.9 Å². The van der Waals surface area contributed by atoms with Crippen LogP contribution in [-0.4, -0.2) is 23.9 Å². The molecular formula is C43H53IrN2O3Si-. The van der Waals surface area contributed by atoms with E-state index in [1.807, 2.05) is 52.1 Å². The van der Waals surface area contributed by atoms with Crippen LogP contribution in [0.1, 0.15) is 90.8 Å². The van der Waals surface area contributed by atoms with Gasteiger partial charge >= 0.3 is 0 Å². The number of nitrogens with zero attached hydrogens (tertiary/aromatic N) is 2. The van der Waals surface area contributed by atoms with E-state index in [0.29, 0.717) is 0 Å². The SMILES string of the molecule is CC(C)(C)c1cc(-c2nccc3c2oc2cc(C[Si](C)(C)C)c(C#N)cc23)[c-]c2ccccc12.CCC(CC)C(=O)/C=C(\O)C(CC)CC.[Ir]. The maximum absolute atomic E-state index is 11.7. The predicted octanol–water partition coefficient (Wildman–Crippen LogP) is 12.1. The van der Waals surface area contributed by atoms with Crippen LogP contribution >= 0.6 is 0 Å². The average molecular weight is 866 g/mol. The number of ketones is 1. The Labute approximate surface area is 313 Å². The van der Waals surface area contributed by atoms with Crippen LogP contribution in [0.25, 0.3) is 44.0 Å². The van der Waals surface area contributed by atoms with Crippen LogP contribution in [0.15, 0.2) is 71.0 Å². The molecule has 7 heteroatoms. The van der Waals surface area contributed by atoms with Gasteiger partial charge < -0.3 is 9.52 Å². The number of pyridine rings is 1. The zero-order valence-corrected chi connectivity index (χ0v) is 34.9. The predicted molar refractivity (Wildman–Crippen MR) is 208 cm³/mol. The monoisotopic (exact) mass is 866 g/mol. The largest absolute Gasteiger partial charge is 0.512 e. The minimum absolute atomic E-state index is 0. The van der Waals surface area contributed by atoms with Crippen molar-refractivity contribution in [2.75, 3.05) is 0 Å². The van der Waals surface area contributed by atoms with E-state index in [9.17, 15) is 15.2 Å². The zero-order valence-electron chi connectivity index (χ0n) is 31.5. The Kier molecular flexibility index (Phi) is 14.0. The van der Waals surface area contributed by atoms with Crippen LogP contribution in [0.2, 0.25) is 19.6 Å². The van der Waals surface area contributed by atoms with Gasteiger partial charge in [0.2, 0.25) is 0 Å². The Morgan fingerprint density at radius 3 is 2.18 bits per heavy atom. The number of aliphatic hydroxyl groups is 1. The molecule has 0 amide bonds. The van der Waals surface area contributed by atoms with Gasteiger partial charge in [0.25, 0.3) is 0 Å². The third kappa shape index (κ3) is 9.40. The summed E-state index contributed by atoms with van der Waals surface area (Å²) in [7, 11) is -1.40. The van der Waals surface area contributed by atoms with Crippen molar-refractivity contribution in [3.63, 3.8) is 0 Å². The van der Waals surface area contributed by atoms with Gasteiger partial charge in [0.05, 0.1) is 17.4 Å². The van der Waals surface area contributed by atoms with Crippen molar-refractivity contribution in [3.05, 3.63) is 89.3 Å². The second kappa shape index (κ2) is 17.1. The number of aliphatic hydroxyl groups excluding tert-OH is 1. The van der Waals surface area contributed by atoms with Crippen molar-refractivity contribution in [3.8, 4) is 17.3 Å². The molecule has 0 saturated heterocycles. The van der Waals surface area contributed by atoms with E-state index in [4.69, 9.17) is 9.40 Å². The number of nitriles is 1. The Morgan fingerprint density at radius 1 is 0.960 bits per heavy atom. The third-order valence-electron chi connectivity index (χ3n) is 9.37. The second-order valence-corrected chi connectivity index (χ2v) is 20.9. The Balaban J connectivity index is 0.000000361. The molecule has 0 aliphatic heterocycles. The third-order valence-corrected chi connectivity index (χ3v) is 10.8. The van der Waals surface area contributed by atoms with Crippen LogP contribution in [0.5, 0.6) is 0 Å². The van der Waals surface area contributed by atoms with E-state index in [-0.39, 0.29) is 48.9 Å². The molecule has 0 fully saturated rings. The molecule has 0 aliphatic rings. The molecule has 2 aromatic heterocycles. The minimum atomic E-state index is -1.40. The number of fused-ring (bicyclic) bond motifs is 4. The van der Waals surface area contributed by atoms with Gasteiger partial charge in [-0.2, -0.15) is 5.26 Å². The summed E-state index contributed by atoms with van der Waals surface area (Å²) in [5.74, 6) is 0.547. The van der Waals surface area contributed by atoms with Crippen molar-refractivity contribution in [1.82, 2.24) is 4.98 Å². The number of furan rings is 1. The molecule has 3 aromatic carbocycles. The van der Waals surface area contributed by atoms with Crippen LogP contribution in [0.4, 0.5) is 0 Å². The zero-order chi connectivity index (χ0) is 36.1. The summed E-state index contributed by atoms with van der Waals surface area (Å²) in [6.07, 6.45) is 6.73. The second-order valence-electron chi connectivity index (χ2n) is 15.4. The van der Waals surface area contributed by atoms with Crippen LogP contribution in [-0.2, 0) is 36.4 Å². The standard InChI is InChI=1S/C30H29N2OSi.C13H24O2.Ir/c1-30(2,3)26-15-20(13-19-9-7-8-10-23(19)26)28-29-24(11-12-32-28)25-14-21(17-31)22(16-27(25)33-29)18-34(4,5)6;1-5-10(6-2)12(14)9-13(15)11(7-3)8-4;/h7-12,14-16H,18H2,1-6H3;9-11,14H,5-8H2,1-4H3;/q-1;;/b;12-9-;. The molecule has 1 radical (unpaired) electrons. The number of hydrogen-bond acceptors (Lipinski definition) is 5. The smallest absolute Gasteiger partial charge is 0.162 e. The van der Waals surface area contributed by atoms with Crippen molar-refractivity contribution >= 4 is 46.6 Å². The van der Waals surface area contributed by atoms with E-state index in [0.717, 1.165) is 81.4 Å². The summed E-state index contributed by atoms with van der Waals surface area (Å²) in [6.45, 7) is 21.7. The molecule has 5 rings (SSSR count). The van der Waals surface area contributed by atoms with E-state index in [2.05, 4.69) is 82.9 Å². The van der Waals surface area contributed by atoms with Gasteiger partial charge in [-0.1, -0.05) is 97.3 Å². The fourth-order valence-corrected chi connectivity index (χ4v) is 8.00. The van der Waals surface area contributed by atoms with Crippen LogP contribution in [0.3, 0.4) is 0 Å². The molecule has 0 unspecified atom stereocenters. The molecule has 0 aliphatic carbocycles. The quantitative estimate of drug-likeness (QED) is 0.0654. The molecule has 0 bridgehead atoms. The van der Waals surface area contributed by atoms with Crippen molar-refractivity contribution < 1.29 is 34.4 Å². The number of benzene rings is 3. The van der Waals surface area contributed by atoms with Gasteiger partial charge in [0.1, 0.15) is 11.2 Å². The van der Waals surface area contributed by atoms with Crippen LogP contribution in [0, 0.1) is 29.2 Å². The minimum Gasteiger partial charge on any atom is -0.512 e. The Hall–Kier alpha value is -3.56. The summed E-state index contributed by atoms with van der Waals surface area (Å²) in [5, 5.41) is 23.8. The molecule has 2 heterocycles. The summed E-state index contributed by atoms with van der Waals surface area (Å²) in [6, 6.07) is 23.6. The summed E-state index contributed by atoms with van der Waals surface area (Å²) in [4.78, 5) is 16.5. The molecule has 50 heavy (non-hydrogen) atoms.